The fourth-order valence-electron chi connectivity index (χ4n) is 3.77. The minimum absolute atomic E-state index is 0.00243. The van der Waals surface area contributed by atoms with Crippen LogP contribution in [0, 0.1) is 0 Å². The van der Waals surface area contributed by atoms with Crippen molar-refractivity contribution in [3.8, 4) is 0 Å². The zero-order chi connectivity index (χ0) is 29.0. The Morgan fingerprint density at radius 3 is 2.38 bits per heavy atom. The number of aromatic nitrogens is 1. The van der Waals surface area contributed by atoms with Gasteiger partial charge in [0.2, 0.25) is 11.8 Å². The van der Waals surface area contributed by atoms with Crippen molar-refractivity contribution in [2.45, 2.75) is 63.7 Å². The first-order valence-electron chi connectivity index (χ1n) is 12.4. The summed E-state index contributed by atoms with van der Waals surface area (Å²) in [5, 5.41) is 5.33. The van der Waals surface area contributed by atoms with Gasteiger partial charge < -0.3 is 26.1 Å². The number of amides is 3. The van der Waals surface area contributed by atoms with Gasteiger partial charge in [0.25, 0.3) is 5.91 Å². The highest BCUT2D eigenvalue weighted by molar-refractivity contribution is 5.96. The molecule has 1 unspecified atom stereocenters. The molecule has 1 heterocycles. The Kier molecular flexibility index (Phi) is 11.8. The van der Waals surface area contributed by atoms with Crippen molar-refractivity contribution in [2.75, 3.05) is 6.61 Å². The molecule has 2 aromatic rings. The Hall–Kier alpha value is -4.09. The molecule has 5 N–H and O–H groups in total. The van der Waals surface area contributed by atoms with Crippen LogP contribution >= 0.6 is 0 Å². The van der Waals surface area contributed by atoms with Crippen molar-refractivity contribution in [3.63, 3.8) is 0 Å². The lowest BCUT2D eigenvalue weighted by Gasteiger charge is -2.22. The van der Waals surface area contributed by atoms with E-state index in [4.69, 9.17) is 10.5 Å². The number of carbonyl (C=O) groups excluding carboxylic acids is 4. The molecule has 1 aromatic carbocycles. The van der Waals surface area contributed by atoms with Gasteiger partial charge in [-0.15, -0.1) is 0 Å². The molecule has 0 spiro atoms. The Balaban J connectivity index is 2.22. The molecule has 39 heavy (non-hydrogen) atoms. The van der Waals surface area contributed by atoms with Crippen molar-refractivity contribution in [1.82, 2.24) is 15.6 Å². The Bertz CT molecular complexity index is 1150. The van der Waals surface area contributed by atoms with Crippen molar-refractivity contribution >= 4 is 23.7 Å². The summed E-state index contributed by atoms with van der Waals surface area (Å²) in [4.78, 5) is 52.0. The van der Waals surface area contributed by atoms with E-state index in [0.29, 0.717) is 0 Å². The van der Waals surface area contributed by atoms with Gasteiger partial charge in [0.1, 0.15) is 11.7 Å². The number of hydrogen-bond acceptors (Lipinski definition) is 5. The maximum Gasteiger partial charge on any atom is 0.389 e. The first-order valence-corrected chi connectivity index (χ1v) is 12.4. The third-order valence-corrected chi connectivity index (χ3v) is 5.71. The van der Waals surface area contributed by atoms with Crippen LogP contribution < -0.4 is 16.4 Å². The Morgan fingerprint density at radius 2 is 1.77 bits per heavy atom. The first kappa shape index (κ1) is 31.1. The smallest absolute Gasteiger partial charge is 0.389 e. The molecule has 0 fully saturated rings. The van der Waals surface area contributed by atoms with Gasteiger partial charge in [-0.25, -0.2) is 4.79 Å². The lowest BCUT2D eigenvalue weighted by atomic mass is 10.0. The van der Waals surface area contributed by atoms with Crippen LogP contribution in [-0.4, -0.2) is 53.5 Å². The predicted molar refractivity (Wildman–Crippen MR) is 137 cm³/mol. The number of ether oxygens (including phenoxy) is 1. The summed E-state index contributed by atoms with van der Waals surface area (Å²) < 4.78 is 43.2. The number of nitrogens with two attached hydrogens (primary N) is 1. The molecule has 0 radical (unpaired) electrons. The quantitative estimate of drug-likeness (QED) is 0.211. The number of hydrogen-bond donors (Lipinski definition) is 4. The molecule has 12 heteroatoms. The Morgan fingerprint density at radius 1 is 1.08 bits per heavy atom. The van der Waals surface area contributed by atoms with E-state index >= 15 is 0 Å². The van der Waals surface area contributed by atoms with E-state index in [1.807, 2.05) is 0 Å². The summed E-state index contributed by atoms with van der Waals surface area (Å²) in [6, 6.07) is 9.75. The maximum absolute atomic E-state index is 13.3. The molecule has 3 atom stereocenters. The topological polar surface area (TPSA) is 143 Å². The molecule has 0 bridgehead atoms. The molecule has 9 nitrogen and oxygen atoms in total. The number of H-pyrrole nitrogens is 1. The number of rotatable bonds is 14. The standard InChI is InChI=1S/C27H33F3N4O5/c1-3-39-24(36)14-10-19(9-13-23(31)35)32-26(38)22(15-18-7-5-4-6-8-18)34-25(37)21-12-11-20(33-21)17(2)16-27(28,29)30/h4-8,10-12,14,17,19,22,33H,3,9,13,15-16H2,1-2H3,(H2,31,35)(H,32,38)(H,34,37)/b14-10+/t17?,19-,22-/m1/s1. The lowest BCUT2D eigenvalue weighted by Crippen LogP contribution is -2.50. The van der Waals surface area contributed by atoms with Crippen molar-refractivity contribution in [3.05, 3.63) is 71.6 Å². The monoisotopic (exact) mass is 550 g/mol. The van der Waals surface area contributed by atoms with Crippen LogP contribution in [0.1, 0.15) is 60.8 Å². The lowest BCUT2D eigenvalue weighted by molar-refractivity contribution is -0.138. The van der Waals surface area contributed by atoms with Crippen LogP contribution in [0.25, 0.3) is 0 Å². The van der Waals surface area contributed by atoms with Gasteiger partial charge in [0.15, 0.2) is 0 Å². The van der Waals surface area contributed by atoms with Gasteiger partial charge in [-0.2, -0.15) is 13.2 Å². The summed E-state index contributed by atoms with van der Waals surface area (Å²) in [7, 11) is 0. The average Bonchev–Trinajstić information content (AvgIpc) is 3.36. The number of primary amides is 1. The molecule has 0 saturated carbocycles. The molecule has 0 aliphatic heterocycles. The second kappa shape index (κ2) is 14.7. The Labute approximate surface area is 224 Å². The highest BCUT2D eigenvalue weighted by Crippen LogP contribution is 2.30. The number of carbonyl (C=O) groups is 4. The molecular formula is C27H33F3N4O5. The highest BCUT2D eigenvalue weighted by Gasteiger charge is 2.31. The minimum Gasteiger partial charge on any atom is -0.463 e. The number of halogens is 3. The molecule has 2 rings (SSSR count). The van der Waals surface area contributed by atoms with E-state index in [-0.39, 0.29) is 37.3 Å². The molecular weight excluding hydrogens is 517 g/mol. The van der Waals surface area contributed by atoms with Gasteiger partial charge >= 0.3 is 12.1 Å². The van der Waals surface area contributed by atoms with E-state index in [1.165, 1.54) is 25.1 Å². The van der Waals surface area contributed by atoms with Gasteiger partial charge in [0.05, 0.1) is 13.0 Å². The zero-order valence-corrected chi connectivity index (χ0v) is 21.7. The molecule has 0 aliphatic carbocycles. The van der Waals surface area contributed by atoms with Crippen LogP contribution in [0.15, 0.2) is 54.6 Å². The number of aromatic amines is 1. The van der Waals surface area contributed by atoms with Crippen LogP contribution in [0.2, 0.25) is 0 Å². The normalized spacial score (nSPS) is 13.9. The number of alkyl halides is 3. The maximum atomic E-state index is 13.3. The van der Waals surface area contributed by atoms with E-state index in [9.17, 15) is 32.3 Å². The van der Waals surface area contributed by atoms with Gasteiger partial charge in [-0.3, -0.25) is 14.4 Å². The van der Waals surface area contributed by atoms with Crippen molar-refractivity contribution in [1.29, 1.82) is 0 Å². The van der Waals surface area contributed by atoms with Crippen molar-refractivity contribution in [2.24, 2.45) is 5.73 Å². The average molecular weight is 551 g/mol. The first-order chi connectivity index (χ1) is 18.4. The van der Waals surface area contributed by atoms with Gasteiger partial charge in [-0.05, 0) is 31.0 Å². The van der Waals surface area contributed by atoms with E-state index in [0.717, 1.165) is 11.6 Å². The number of esters is 1. The molecule has 0 aliphatic rings. The fourth-order valence-corrected chi connectivity index (χ4v) is 3.77. The van der Waals surface area contributed by atoms with Gasteiger partial charge in [-0.1, -0.05) is 43.3 Å². The van der Waals surface area contributed by atoms with Crippen molar-refractivity contribution < 1.29 is 37.1 Å². The third kappa shape index (κ3) is 11.5. The van der Waals surface area contributed by atoms with E-state index in [2.05, 4.69) is 15.6 Å². The second-order valence-corrected chi connectivity index (χ2v) is 8.99. The minimum atomic E-state index is -4.36. The largest absolute Gasteiger partial charge is 0.463 e. The van der Waals surface area contributed by atoms with Crippen LogP contribution in [0.5, 0.6) is 0 Å². The number of benzene rings is 1. The molecule has 0 saturated heterocycles. The summed E-state index contributed by atoms with van der Waals surface area (Å²) >= 11 is 0. The summed E-state index contributed by atoms with van der Waals surface area (Å²) in [5.41, 5.74) is 6.20. The predicted octanol–water partition coefficient (Wildman–Crippen LogP) is 3.28. The van der Waals surface area contributed by atoms with E-state index in [1.54, 1.807) is 37.3 Å². The number of nitrogens with one attached hydrogen (secondary N) is 3. The second-order valence-electron chi connectivity index (χ2n) is 8.99. The van der Waals surface area contributed by atoms with Crippen LogP contribution in [0.3, 0.4) is 0 Å². The summed E-state index contributed by atoms with van der Waals surface area (Å²) in [5.74, 6) is -3.42. The fraction of sp³-hybridized carbons (Fsp3) is 0.407. The molecule has 3 amide bonds. The SMILES string of the molecule is CCOC(=O)/C=C/[C@@H](CCC(N)=O)NC(=O)[C@@H](Cc1ccccc1)NC(=O)c1ccc(C(C)CC(F)(F)F)[nH]1. The zero-order valence-electron chi connectivity index (χ0n) is 21.7. The van der Waals surface area contributed by atoms with Crippen LogP contribution in [-0.2, 0) is 25.5 Å². The molecule has 1 aromatic heterocycles. The highest BCUT2D eigenvalue weighted by atomic mass is 19.4. The van der Waals surface area contributed by atoms with E-state index < -0.39 is 54.3 Å². The third-order valence-electron chi connectivity index (χ3n) is 5.71. The summed E-state index contributed by atoms with van der Waals surface area (Å²) in [6.07, 6.45) is -2.80. The summed E-state index contributed by atoms with van der Waals surface area (Å²) in [6.45, 7) is 3.18. The molecule has 212 valence electrons. The van der Waals surface area contributed by atoms with Gasteiger partial charge in [0, 0.05) is 36.6 Å². The van der Waals surface area contributed by atoms with Crippen LogP contribution in [0.4, 0.5) is 13.2 Å².